The Morgan fingerprint density at radius 1 is 1.25 bits per heavy atom. The SMILES string of the molecule is O=C(Nc1cccc(CS(=O)(=O)N2CCOCC2)c1)[C@H]1CCCO1. The van der Waals surface area contributed by atoms with Gasteiger partial charge in [0.25, 0.3) is 5.91 Å². The van der Waals surface area contributed by atoms with Crippen molar-refractivity contribution in [2.45, 2.75) is 24.7 Å². The summed E-state index contributed by atoms with van der Waals surface area (Å²) in [6.07, 6.45) is 1.19. The summed E-state index contributed by atoms with van der Waals surface area (Å²) >= 11 is 0. The molecule has 2 aliphatic rings. The first-order valence-electron chi connectivity index (χ1n) is 8.11. The van der Waals surface area contributed by atoms with Crippen LogP contribution in [0.5, 0.6) is 0 Å². The number of hydrogen-bond acceptors (Lipinski definition) is 5. The molecule has 1 atom stereocenters. The zero-order valence-electron chi connectivity index (χ0n) is 13.4. The predicted molar refractivity (Wildman–Crippen MR) is 89.1 cm³/mol. The zero-order valence-corrected chi connectivity index (χ0v) is 14.3. The van der Waals surface area contributed by atoms with Gasteiger partial charge >= 0.3 is 0 Å². The molecule has 1 N–H and O–H groups in total. The van der Waals surface area contributed by atoms with Gasteiger partial charge in [0.15, 0.2) is 0 Å². The standard InChI is InChI=1S/C16H22N2O5S/c19-16(15-5-2-8-23-15)17-14-4-1-3-13(11-14)12-24(20,21)18-6-9-22-10-7-18/h1,3-4,11,15H,2,5-10,12H2,(H,17,19)/t15-/m1/s1. The number of amides is 1. The molecule has 1 aromatic carbocycles. The Morgan fingerprint density at radius 3 is 2.75 bits per heavy atom. The lowest BCUT2D eigenvalue weighted by atomic mass is 10.2. The van der Waals surface area contributed by atoms with Gasteiger partial charge < -0.3 is 14.8 Å². The summed E-state index contributed by atoms with van der Waals surface area (Å²) in [7, 11) is -3.38. The van der Waals surface area contributed by atoms with Crippen LogP contribution in [0.1, 0.15) is 18.4 Å². The number of benzene rings is 1. The predicted octanol–water partition coefficient (Wildman–Crippen LogP) is 0.966. The van der Waals surface area contributed by atoms with Gasteiger partial charge in [-0.2, -0.15) is 4.31 Å². The molecule has 24 heavy (non-hydrogen) atoms. The Balaban J connectivity index is 1.65. The average molecular weight is 354 g/mol. The zero-order chi connectivity index (χ0) is 17.0. The molecule has 0 aromatic heterocycles. The summed E-state index contributed by atoms with van der Waals surface area (Å²) in [5, 5.41) is 2.80. The molecule has 7 nitrogen and oxygen atoms in total. The first kappa shape index (κ1) is 17.3. The number of carbonyl (C=O) groups excluding carboxylic acids is 1. The normalized spacial score (nSPS) is 22.4. The highest BCUT2D eigenvalue weighted by Crippen LogP contribution is 2.18. The van der Waals surface area contributed by atoms with E-state index in [9.17, 15) is 13.2 Å². The number of sulfonamides is 1. The number of rotatable bonds is 5. The van der Waals surface area contributed by atoms with E-state index in [0.29, 0.717) is 44.2 Å². The molecule has 0 unspecified atom stereocenters. The van der Waals surface area contributed by atoms with Gasteiger partial charge in [0.2, 0.25) is 10.0 Å². The van der Waals surface area contributed by atoms with E-state index < -0.39 is 16.1 Å². The molecule has 0 radical (unpaired) electrons. The van der Waals surface area contributed by atoms with Gasteiger partial charge in [0.1, 0.15) is 6.10 Å². The van der Waals surface area contributed by atoms with Crippen LogP contribution in [0.25, 0.3) is 0 Å². The van der Waals surface area contributed by atoms with Gasteiger partial charge in [0.05, 0.1) is 19.0 Å². The molecule has 0 bridgehead atoms. The lowest BCUT2D eigenvalue weighted by Crippen LogP contribution is -2.41. The third kappa shape index (κ3) is 4.32. The lowest BCUT2D eigenvalue weighted by molar-refractivity contribution is -0.124. The number of morpholine rings is 1. The van der Waals surface area contributed by atoms with E-state index in [1.165, 1.54) is 4.31 Å². The van der Waals surface area contributed by atoms with Crippen molar-refractivity contribution in [3.63, 3.8) is 0 Å². The molecule has 2 aliphatic heterocycles. The third-order valence-electron chi connectivity index (χ3n) is 4.13. The van der Waals surface area contributed by atoms with Crippen molar-refractivity contribution in [2.24, 2.45) is 0 Å². The molecule has 8 heteroatoms. The largest absolute Gasteiger partial charge is 0.379 e. The van der Waals surface area contributed by atoms with Gasteiger partial charge in [-0.25, -0.2) is 8.42 Å². The number of ether oxygens (including phenoxy) is 2. The molecular formula is C16H22N2O5S. The van der Waals surface area contributed by atoms with E-state index in [1.807, 2.05) is 0 Å². The maximum Gasteiger partial charge on any atom is 0.253 e. The number of carbonyl (C=O) groups is 1. The highest BCUT2D eigenvalue weighted by atomic mass is 32.2. The molecule has 0 saturated carbocycles. The summed E-state index contributed by atoms with van der Waals surface area (Å²) in [6, 6.07) is 6.94. The first-order chi connectivity index (χ1) is 11.5. The summed E-state index contributed by atoms with van der Waals surface area (Å²) < 4.78 is 36.9. The monoisotopic (exact) mass is 354 g/mol. The Hall–Kier alpha value is -1.48. The van der Waals surface area contributed by atoms with Gasteiger partial charge in [-0.1, -0.05) is 12.1 Å². The molecule has 2 heterocycles. The van der Waals surface area contributed by atoms with Crippen LogP contribution in [0.4, 0.5) is 5.69 Å². The van der Waals surface area contributed by atoms with Crippen molar-refractivity contribution in [3.05, 3.63) is 29.8 Å². The summed E-state index contributed by atoms with van der Waals surface area (Å²) in [5.41, 5.74) is 1.23. The molecule has 2 saturated heterocycles. The average Bonchev–Trinajstić information content (AvgIpc) is 3.10. The first-order valence-corrected chi connectivity index (χ1v) is 9.72. The number of nitrogens with zero attached hydrogens (tertiary/aromatic N) is 1. The van der Waals surface area contributed by atoms with Gasteiger partial charge in [-0.3, -0.25) is 4.79 Å². The molecule has 1 aromatic rings. The quantitative estimate of drug-likeness (QED) is 0.852. The number of nitrogens with one attached hydrogen (secondary N) is 1. The number of hydrogen-bond donors (Lipinski definition) is 1. The Kier molecular flexibility index (Phi) is 5.50. The number of anilines is 1. The summed E-state index contributed by atoms with van der Waals surface area (Å²) in [6.45, 7) is 2.24. The van der Waals surface area contributed by atoms with Crippen LogP contribution in [0, 0.1) is 0 Å². The molecule has 0 aliphatic carbocycles. The van der Waals surface area contributed by atoms with Crippen LogP contribution < -0.4 is 5.32 Å². The van der Waals surface area contributed by atoms with Crippen molar-refractivity contribution < 1.29 is 22.7 Å². The molecule has 3 rings (SSSR count). The highest BCUT2D eigenvalue weighted by Gasteiger charge is 2.25. The molecule has 0 spiro atoms. The van der Waals surface area contributed by atoms with Crippen molar-refractivity contribution in [1.29, 1.82) is 0 Å². The van der Waals surface area contributed by atoms with E-state index in [4.69, 9.17) is 9.47 Å². The molecule has 132 valence electrons. The Bertz CT molecular complexity index is 679. The Morgan fingerprint density at radius 2 is 2.04 bits per heavy atom. The van der Waals surface area contributed by atoms with Gasteiger partial charge in [0, 0.05) is 25.4 Å². The van der Waals surface area contributed by atoms with E-state index in [1.54, 1.807) is 24.3 Å². The summed E-state index contributed by atoms with van der Waals surface area (Å²) in [4.78, 5) is 12.1. The molecular weight excluding hydrogens is 332 g/mol. The minimum atomic E-state index is -3.38. The summed E-state index contributed by atoms with van der Waals surface area (Å²) in [5.74, 6) is -0.267. The van der Waals surface area contributed by atoms with E-state index in [-0.39, 0.29) is 11.7 Å². The third-order valence-corrected chi connectivity index (χ3v) is 5.98. The molecule has 2 fully saturated rings. The van der Waals surface area contributed by atoms with Crippen molar-refractivity contribution in [1.82, 2.24) is 4.31 Å². The van der Waals surface area contributed by atoms with Crippen LogP contribution in [-0.4, -0.2) is 57.6 Å². The van der Waals surface area contributed by atoms with Crippen LogP contribution in [0.15, 0.2) is 24.3 Å². The van der Waals surface area contributed by atoms with Crippen LogP contribution in [0.3, 0.4) is 0 Å². The van der Waals surface area contributed by atoms with Crippen LogP contribution >= 0.6 is 0 Å². The van der Waals surface area contributed by atoms with E-state index in [2.05, 4.69) is 5.32 Å². The van der Waals surface area contributed by atoms with E-state index >= 15 is 0 Å². The maximum absolute atomic E-state index is 12.5. The fourth-order valence-electron chi connectivity index (χ4n) is 2.87. The molecule has 1 amide bonds. The van der Waals surface area contributed by atoms with Crippen molar-refractivity contribution in [3.8, 4) is 0 Å². The van der Waals surface area contributed by atoms with E-state index in [0.717, 1.165) is 12.8 Å². The van der Waals surface area contributed by atoms with Gasteiger partial charge in [-0.15, -0.1) is 0 Å². The minimum absolute atomic E-state index is 0.0867. The van der Waals surface area contributed by atoms with Crippen molar-refractivity contribution in [2.75, 3.05) is 38.2 Å². The smallest absolute Gasteiger partial charge is 0.253 e. The second-order valence-electron chi connectivity index (χ2n) is 5.96. The second kappa shape index (κ2) is 7.60. The topological polar surface area (TPSA) is 84.9 Å². The Labute approximate surface area is 142 Å². The van der Waals surface area contributed by atoms with Crippen LogP contribution in [0.2, 0.25) is 0 Å². The van der Waals surface area contributed by atoms with Crippen LogP contribution in [-0.2, 0) is 30.0 Å². The fraction of sp³-hybridized carbons (Fsp3) is 0.562. The minimum Gasteiger partial charge on any atom is -0.379 e. The fourth-order valence-corrected chi connectivity index (χ4v) is 4.36. The van der Waals surface area contributed by atoms with Crippen molar-refractivity contribution >= 4 is 21.6 Å². The maximum atomic E-state index is 12.5. The second-order valence-corrected chi connectivity index (χ2v) is 7.93. The highest BCUT2D eigenvalue weighted by molar-refractivity contribution is 7.88. The lowest BCUT2D eigenvalue weighted by Gasteiger charge is -2.26. The van der Waals surface area contributed by atoms with Gasteiger partial charge in [-0.05, 0) is 30.5 Å².